The number of H-pyrrole nitrogens is 1. The standard InChI is InChI=1S/C11H11F2N3/c1-6-2-4-7(5-3-6)8-9(10(12)13)15-16-11(8)14/h2-5,10H,1H3,(H3,14,15,16). The second kappa shape index (κ2) is 3.92. The van der Waals surface area contributed by atoms with Gasteiger partial charge in [0.15, 0.2) is 5.82 Å². The summed E-state index contributed by atoms with van der Waals surface area (Å²) in [6.45, 7) is 1.93. The fraction of sp³-hybridized carbons (Fsp3) is 0.182. The number of nitrogens with one attached hydrogen (secondary N) is 1. The molecule has 0 aliphatic heterocycles. The van der Waals surface area contributed by atoms with Gasteiger partial charge in [-0.2, -0.15) is 5.10 Å². The van der Waals surface area contributed by atoms with Crippen LogP contribution in [0.15, 0.2) is 24.3 Å². The number of nitrogens with two attached hydrogens (primary N) is 1. The van der Waals surface area contributed by atoms with E-state index in [1.54, 1.807) is 12.1 Å². The SMILES string of the molecule is Cc1ccc(-c2c(N)n[nH]c2C(F)F)cc1. The maximum absolute atomic E-state index is 12.7. The van der Waals surface area contributed by atoms with Crippen molar-refractivity contribution in [1.82, 2.24) is 10.2 Å². The van der Waals surface area contributed by atoms with Crippen LogP contribution < -0.4 is 5.73 Å². The Kier molecular flexibility index (Phi) is 2.60. The van der Waals surface area contributed by atoms with Gasteiger partial charge in [0.25, 0.3) is 6.43 Å². The Morgan fingerprint density at radius 1 is 1.25 bits per heavy atom. The lowest BCUT2D eigenvalue weighted by Crippen LogP contribution is -1.91. The summed E-state index contributed by atoms with van der Waals surface area (Å²) < 4.78 is 25.4. The number of benzene rings is 1. The Hall–Kier alpha value is -1.91. The predicted molar refractivity (Wildman–Crippen MR) is 58.1 cm³/mol. The first kappa shape index (κ1) is 10.6. The highest BCUT2D eigenvalue weighted by Crippen LogP contribution is 2.33. The summed E-state index contributed by atoms with van der Waals surface area (Å²) in [5.74, 6) is 0.0964. The van der Waals surface area contributed by atoms with Crippen molar-refractivity contribution in [3.8, 4) is 11.1 Å². The molecule has 0 aliphatic carbocycles. The zero-order valence-electron chi connectivity index (χ0n) is 8.67. The van der Waals surface area contributed by atoms with Gasteiger partial charge in [0.1, 0.15) is 5.69 Å². The fourth-order valence-corrected chi connectivity index (χ4v) is 1.55. The smallest absolute Gasteiger partial charge is 0.280 e. The molecule has 84 valence electrons. The molecule has 16 heavy (non-hydrogen) atoms. The van der Waals surface area contributed by atoms with Gasteiger partial charge in [-0.3, -0.25) is 5.10 Å². The van der Waals surface area contributed by atoms with Crippen molar-refractivity contribution in [3.05, 3.63) is 35.5 Å². The molecule has 1 heterocycles. The number of hydrogen-bond donors (Lipinski definition) is 2. The van der Waals surface area contributed by atoms with Crippen LogP contribution in [0.2, 0.25) is 0 Å². The number of nitrogen functional groups attached to an aromatic ring is 1. The van der Waals surface area contributed by atoms with Gasteiger partial charge in [-0.15, -0.1) is 0 Å². The van der Waals surface area contributed by atoms with Gasteiger partial charge in [-0.25, -0.2) is 8.78 Å². The van der Waals surface area contributed by atoms with Crippen LogP contribution in [0.3, 0.4) is 0 Å². The van der Waals surface area contributed by atoms with Crippen molar-refractivity contribution in [1.29, 1.82) is 0 Å². The van der Waals surface area contributed by atoms with Gasteiger partial charge in [0, 0.05) is 0 Å². The van der Waals surface area contributed by atoms with Gasteiger partial charge in [0.2, 0.25) is 0 Å². The number of nitrogens with zero attached hydrogens (tertiary/aromatic N) is 1. The quantitative estimate of drug-likeness (QED) is 0.822. The minimum atomic E-state index is -2.61. The molecule has 0 amide bonds. The van der Waals surface area contributed by atoms with E-state index in [1.807, 2.05) is 19.1 Å². The molecule has 2 aromatic rings. The summed E-state index contributed by atoms with van der Waals surface area (Å²) in [6, 6.07) is 7.19. The molecule has 1 aromatic heterocycles. The molecule has 0 spiro atoms. The number of alkyl halides is 2. The number of halogens is 2. The van der Waals surface area contributed by atoms with Crippen LogP contribution in [0.4, 0.5) is 14.6 Å². The zero-order chi connectivity index (χ0) is 11.7. The van der Waals surface area contributed by atoms with E-state index in [-0.39, 0.29) is 17.1 Å². The molecule has 2 rings (SSSR count). The first-order valence-electron chi connectivity index (χ1n) is 4.78. The zero-order valence-corrected chi connectivity index (χ0v) is 8.67. The third-order valence-electron chi connectivity index (χ3n) is 2.38. The summed E-state index contributed by atoms with van der Waals surface area (Å²) in [6.07, 6.45) is -2.61. The molecule has 0 fully saturated rings. The van der Waals surface area contributed by atoms with E-state index < -0.39 is 6.43 Å². The number of hydrogen-bond acceptors (Lipinski definition) is 2. The van der Waals surface area contributed by atoms with Crippen molar-refractivity contribution in [3.63, 3.8) is 0 Å². The molecule has 0 bridgehead atoms. The minimum Gasteiger partial charge on any atom is -0.382 e. The highest BCUT2D eigenvalue weighted by molar-refractivity contribution is 5.76. The molecule has 5 heteroatoms. The van der Waals surface area contributed by atoms with E-state index in [2.05, 4.69) is 10.2 Å². The summed E-state index contributed by atoms with van der Waals surface area (Å²) in [5.41, 5.74) is 7.33. The van der Waals surface area contributed by atoms with Crippen LogP contribution >= 0.6 is 0 Å². The number of aryl methyl sites for hydroxylation is 1. The first-order valence-corrected chi connectivity index (χ1v) is 4.78. The van der Waals surface area contributed by atoms with Crippen LogP contribution in [0.5, 0.6) is 0 Å². The van der Waals surface area contributed by atoms with E-state index in [1.165, 1.54) is 0 Å². The monoisotopic (exact) mass is 223 g/mol. The van der Waals surface area contributed by atoms with Crippen molar-refractivity contribution < 1.29 is 8.78 Å². The normalized spacial score (nSPS) is 11.0. The Labute approximate surface area is 91.3 Å². The second-order valence-electron chi connectivity index (χ2n) is 3.56. The lowest BCUT2D eigenvalue weighted by atomic mass is 10.0. The van der Waals surface area contributed by atoms with Crippen molar-refractivity contribution >= 4 is 5.82 Å². The Morgan fingerprint density at radius 2 is 1.88 bits per heavy atom. The number of anilines is 1. The molecule has 0 saturated carbocycles. The highest BCUT2D eigenvalue weighted by Gasteiger charge is 2.19. The second-order valence-corrected chi connectivity index (χ2v) is 3.56. The van der Waals surface area contributed by atoms with Crippen LogP contribution in [0.25, 0.3) is 11.1 Å². The molecule has 3 nitrogen and oxygen atoms in total. The first-order chi connectivity index (χ1) is 7.59. The topological polar surface area (TPSA) is 54.7 Å². The van der Waals surface area contributed by atoms with E-state index in [4.69, 9.17) is 5.73 Å². The van der Waals surface area contributed by atoms with Crippen LogP contribution in [-0.4, -0.2) is 10.2 Å². The Morgan fingerprint density at radius 3 is 2.44 bits per heavy atom. The lowest BCUT2D eigenvalue weighted by molar-refractivity contribution is 0.146. The van der Waals surface area contributed by atoms with Crippen LogP contribution in [-0.2, 0) is 0 Å². The third-order valence-corrected chi connectivity index (χ3v) is 2.38. The Balaban J connectivity index is 2.54. The molecule has 1 aromatic carbocycles. The summed E-state index contributed by atoms with van der Waals surface area (Å²) in [5, 5.41) is 5.87. The van der Waals surface area contributed by atoms with Gasteiger partial charge in [0.05, 0.1) is 5.56 Å². The lowest BCUT2D eigenvalue weighted by Gasteiger charge is -2.03. The maximum Gasteiger partial charge on any atom is 0.280 e. The van der Waals surface area contributed by atoms with E-state index >= 15 is 0 Å². The van der Waals surface area contributed by atoms with Crippen molar-refractivity contribution in [2.75, 3.05) is 5.73 Å². The van der Waals surface area contributed by atoms with Crippen LogP contribution in [0.1, 0.15) is 17.7 Å². The van der Waals surface area contributed by atoms with Gasteiger partial charge in [-0.1, -0.05) is 29.8 Å². The maximum atomic E-state index is 12.7. The Bertz CT molecular complexity index is 488. The fourth-order valence-electron chi connectivity index (χ4n) is 1.55. The van der Waals surface area contributed by atoms with Crippen LogP contribution in [0, 0.1) is 6.92 Å². The van der Waals surface area contributed by atoms with E-state index in [0.717, 1.165) is 5.56 Å². The largest absolute Gasteiger partial charge is 0.382 e. The van der Waals surface area contributed by atoms with Crippen molar-refractivity contribution in [2.45, 2.75) is 13.3 Å². The third kappa shape index (κ3) is 1.76. The average Bonchev–Trinajstić information content (AvgIpc) is 2.62. The number of rotatable bonds is 2. The summed E-state index contributed by atoms with van der Waals surface area (Å²) >= 11 is 0. The molecular weight excluding hydrogens is 212 g/mol. The van der Waals surface area contributed by atoms with Gasteiger partial charge >= 0.3 is 0 Å². The minimum absolute atomic E-state index is 0.0964. The molecule has 0 atom stereocenters. The molecule has 0 unspecified atom stereocenters. The highest BCUT2D eigenvalue weighted by atomic mass is 19.3. The van der Waals surface area contributed by atoms with E-state index in [9.17, 15) is 8.78 Å². The average molecular weight is 223 g/mol. The number of aromatic amines is 1. The predicted octanol–water partition coefficient (Wildman–Crippen LogP) is 2.90. The molecule has 0 saturated heterocycles. The molecular formula is C11H11F2N3. The van der Waals surface area contributed by atoms with E-state index in [0.29, 0.717) is 5.56 Å². The van der Waals surface area contributed by atoms with Gasteiger partial charge < -0.3 is 5.73 Å². The van der Waals surface area contributed by atoms with Crippen molar-refractivity contribution in [2.24, 2.45) is 0 Å². The molecule has 3 N–H and O–H groups in total. The molecule has 0 radical (unpaired) electrons. The number of aromatic nitrogens is 2. The van der Waals surface area contributed by atoms with Gasteiger partial charge in [-0.05, 0) is 12.5 Å². The summed E-state index contributed by atoms with van der Waals surface area (Å²) in [7, 11) is 0. The summed E-state index contributed by atoms with van der Waals surface area (Å²) in [4.78, 5) is 0. The molecule has 0 aliphatic rings.